The Hall–Kier alpha value is -1.90. The van der Waals surface area contributed by atoms with Crippen LogP contribution in [0.5, 0.6) is 0 Å². The molecule has 0 aliphatic carbocycles. The Balaban J connectivity index is 3.09. The number of aromatic nitrogens is 2. The third kappa shape index (κ3) is 3.84. The van der Waals surface area contributed by atoms with E-state index in [1.807, 2.05) is 0 Å². The molecule has 0 aliphatic rings. The van der Waals surface area contributed by atoms with Crippen molar-refractivity contribution in [3.63, 3.8) is 0 Å². The number of aliphatic hydroxyl groups is 1. The summed E-state index contributed by atoms with van der Waals surface area (Å²) in [5.41, 5.74) is 5.08. The molecule has 0 unspecified atom stereocenters. The molecule has 0 spiro atoms. The van der Waals surface area contributed by atoms with Crippen LogP contribution in [0.1, 0.15) is 5.69 Å². The minimum absolute atomic E-state index is 0.143. The summed E-state index contributed by atoms with van der Waals surface area (Å²) in [5.74, 6) is -0.653. The van der Waals surface area contributed by atoms with Gasteiger partial charge in [-0.05, 0) is 0 Å². The van der Waals surface area contributed by atoms with E-state index in [4.69, 9.17) is 16.2 Å². The SMILES string of the molecule is N=C(N)c1nccnc1N(CCO)CC(F)(F)F. The second-order valence-corrected chi connectivity index (χ2v) is 3.40. The van der Waals surface area contributed by atoms with Crippen LogP contribution in [0.3, 0.4) is 0 Å². The Bertz CT molecular complexity index is 423. The van der Waals surface area contributed by atoms with E-state index in [0.717, 1.165) is 4.90 Å². The summed E-state index contributed by atoms with van der Waals surface area (Å²) in [6, 6.07) is 0. The highest BCUT2D eigenvalue weighted by atomic mass is 19.4. The van der Waals surface area contributed by atoms with Gasteiger partial charge in [-0.25, -0.2) is 9.97 Å². The number of nitrogens with zero attached hydrogens (tertiary/aromatic N) is 3. The number of hydrogen-bond acceptors (Lipinski definition) is 5. The molecular formula is C9H12F3N5O. The molecule has 1 heterocycles. The largest absolute Gasteiger partial charge is 0.405 e. The number of alkyl halides is 3. The van der Waals surface area contributed by atoms with Gasteiger partial charge < -0.3 is 15.7 Å². The first kappa shape index (κ1) is 14.2. The molecule has 100 valence electrons. The smallest absolute Gasteiger partial charge is 0.395 e. The van der Waals surface area contributed by atoms with Crippen molar-refractivity contribution in [3.05, 3.63) is 18.1 Å². The molecule has 0 saturated heterocycles. The molecule has 1 rings (SSSR count). The molecule has 0 fully saturated rings. The number of hydrogen-bond donors (Lipinski definition) is 3. The molecule has 1 aromatic rings. The quantitative estimate of drug-likeness (QED) is 0.517. The van der Waals surface area contributed by atoms with E-state index in [2.05, 4.69) is 9.97 Å². The maximum absolute atomic E-state index is 12.4. The predicted octanol–water partition coefficient (Wildman–Crippen LogP) is 0.122. The summed E-state index contributed by atoms with van der Waals surface area (Å²) in [4.78, 5) is 8.22. The van der Waals surface area contributed by atoms with Crippen LogP contribution in [0.15, 0.2) is 12.4 Å². The lowest BCUT2D eigenvalue weighted by atomic mass is 10.3. The molecule has 18 heavy (non-hydrogen) atoms. The Morgan fingerprint density at radius 2 is 2.00 bits per heavy atom. The van der Waals surface area contributed by atoms with Crippen LogP contribution in [0.4, 0.5) is 19.0 Å². The third-order valence-corrected chi connectivity index (χ3v) is 1.97. The van der Waals surface area contributed by atoms with Gasteiger partial charge in [0, 0.05) is 18.9 Å². The number of halogens is 3. The summed E-state index contributed by atoms with van der Waals surface area (Å²) < 4.78 is 37.2. The van der Waals surface area contributed by atoms with Gasteiger partial charge in [0.2, 0.25) is 0 Å². The van der Waals surface area contributed by atoms with Gasteiger partial charge in [-0.3, -0.25) is 5.41 Å². The summed E-state index contributed by atoms with van der Waals surface area (Å²) in [6.45, 7) is -2.06. The van der Waals surface area contributed by atoms with Gasteiger partial charge in [-0.2, -0.15) is 13.2 Å². The number of nitrogen functional groups attached to an aromatic ring is 1. The first-order chi connectivity index (χ1) is 8.35. The van der Waals surface area contributed by atoms with E-state index >= 15 is 0 Å². The topological polar surface area (TPSA) is 99.1 Å². The molecule has 0 atom stereocenters. The molecule has 6 nitrogen and oxygen atoms in total. The highest BCUT2D eigenvalue weighted by Crippen LogP contribution is 2.21. The van der Waals surface area contributed by atoms with Crippen molar-refractivity contribution in [1.29, 1.82) is 5.41 Å². The minimum Gasteiger partial charge on any atom is -0.395 e. The number of nitrogens with two attached hydrogens (primary N) is 1. The van der Waals surface area contributed by atoms with Gasteiger partial charge in [-0.1, -0.05) is 0 Å². The van der Waals surface area contributed by atoms with Crippen LogP contribution in [0.2, 0.25) is 0 Å². The summed E-state index contributed by atoms with van der Waals surface area (Å²) in [6.07, 6.45) is -2.03. The van der Waals surface area contributed by atoms with Crippen molar-refractivity contribution < 1.29 is 18.3 Å². The summed E-state index contributed by atoms with van der Waals surface area (Å²) in [5, 5.41) is 16.0. The lowest BCUT2D eigenvalue weighted by molar-refractivity contribution is -0.120. The standard InChI is InChI=1S/C9H12F3N5O/c10-9(11,12)5-17(3-4-18)8-6(7(13)14)15-1-2-16-8/h1-2,18H,3-5H2,(H3,13,14). The summed E-state index contributed by atoms with van der Waals surface area (Å²) in [7, 11) is 0. The maximum Gasteiger partial charge on any atom is 0.405 e. The second-order valence-electron chi connectivity index (χ2n) is 3.40. The average Bonchev–Trinajstić information content (AvgIpc) is 2.26. The van der Waals surface area contributed by atoms with E-state index in [-0.39, 0.29) is 18.1 Å². The molecule has 0 bridgehead atoms. The minimum atomic E-state index is -4.46. The molecular weight excluding hydrogens is 251 g/mol. The maximum atomic E-state index is 12.4. The van der Waals surface area contributed by atoms with Gasteiger partial charge >= 0.3 is 6.18 Å². The molecule has 0 aromatic carbocycles. The van der Waals surface area contributed by atoms with Gasteiger partial charge in [-0.15, -0.1) is 0 Å². The molecule has 0 aliphatic heterocycles. The third-order valence-electron chi connectivity index (χ3n) is 1.97. The molecule has 0 amide bonds. The zero-order valence-corrected chi connectivity index (χ0v) is 9.28. The Morgan fingerprint density at radius 1 is 1.39 bits per heavy atom. The van der Waals surface area contributed by atoms with Crippen LogP contribution in [0, 0.1) is 5.41 Å². The molecule has 0 saturated carbocycles. The highest BCUT2D eigenvalue weighted by Gasteiger charge is 2.32. The number of rotatable bonds is 5. The Kier molecular flexibility index (Phi) is 4.43. The first-order valence-electron chi connectivity index (χ1n) is 4.93. The molecule has 9 heteroatoms. The van der Waals surface area contributed by atoms with Crippen molar-refractivity contribution in [2.75, 3.05) is 24.6 Å². The van der Waals surface area contributed by atoms with Crippen molar-refractivity contribution in [3.8, 4) is 0 Å². The van der Waals surface area contributed by atoms with E-state index in [0.29, 0.717) is 0 Å². The van der Waals surface area contributed by atoms with Crippen molar-refractivity contribution in [1.82, 2.24) is 9.97 Å². The van der Waals surface area contributed by atoms with Gasteiger partial charge in [0.05, 0.1) is 6.61 Å². The monoisotopic (exact) mass is 263 g/mol. The average molecular weight is 263 g/mol. The number of aliphatic hydroxyl groups excluding tert-OH is 1. The van der Waals surface area contributed by atoms with Crippen molar-refractivity contribution in [2.24, 2.45) is 5.73 Å². The fourth-order valence-electron chi connectivity index (χ4n) is 1.35. The lowest BCUT2D eigenvalue weighted by Gasteiger charge is -2.25. The van der Waals surface area contributed by atoms with Gasteiger partial charge in [0.25, 0.3) is 0 Å². The number of nitrogens with one attached hydrogen (secondary N) is 1. The Labute approximate surface area is 101 Å². The number of amidine groups is 1. The van der Waals surface area contributed by atoms with Crippen LogP contribution < -0.4 is 10.6 Å². The van der Waals surface area contributed by atoms with Crippen LogP contribution in [0.25, 0.3) is 0 Å². The molecule has 0 radical (unpaired) electrons. The summed E-state index contributed by atoms with van der Waals surface area (Å²) >= 11 is 0. The fraction of sp³-hybridized carbons (Fsp3) is 0.444. The lowest BCUT2D eigenvalue weighted by Crippen LogP contribution is -2.38. The highest BCUT2D eigenvalue weighted by molar-refractivity contribution is 5.97. The van der Waals surface area contributed by atoms with Gasteiger partial charge in [0.15, 0.2) is 5.82 Å². The molecule has 4 N–H and O–H groups in total. The van der Waals surface area contributed by atoms with E-state index in [9.17, 15) is 13.2 Å². The van der Waals surface area contributed by atoms with Gasteiger partial charge in [0.1, 0.15) is 18.1 Å². The van der Waals surface area contributed by atoms with E-state index in [1.54, 1.807) is 0 Å². The van der Waals surface area contributed by atoms with E-state index in [1.165, 1.54) is 12.4 Å². The van der Waals surface area contributed by atoms with Crippen LogP contribution in [-0.4, -0.2) is 46.8 Å². The first-order valence-corrected chi connectivity index (χ1v) is 4.93. The molecule has 1 aromatic heterocycles. The van der Waals surface area contributed by atoms with Crippen molar-refractivity contribution >= 4 is 11.7 Å². The number of anilines is 1. The van der Waals surface area contributed by atoms with Crippen LogP contribution >= 0.6 is 0 Å². The second kappa shape index (κ2) is 5.63. The fourth-order valence-corrected chi connectivity index (χ4v) is 1.35. The van der Waals surface area contributed by atoms with Crippen LogP contribution in [-0.2, 0) is 0 Å². The normalized spacial score (nSPS) is 11.3. The zero-order valence-electron chi connectivity index (χ0n) is 9.28. The van der Waals surface area contributed by atoms with E-state index < -0.39 is 25.2 Å². The zero-order chi connectivity index (χ0) is 13.8. The Morgan fingerprint density at radius 3 is 2.50 bits per heavy atom. The predicted molar refractivity (Wildman–Crippen MR) is 58.4 cm³/mol. The van der Waals surface area contributed by atoms with Crippen molar-refractivity contribution in [2.45, 2.75) is 6.18 Å².